The number of nitrogens with one attached hydrogen (secondary N) is 2. The van der Waals surface area contributed by atoms with Gasteiger partial charge in [-0.05, 0) is 24.6 Å². The maximum absolute atomic E-state index is 14.4. The Balaban J connectivity index is 1.42. The van der Waals surface area contributed by atoms with Crippen LogP contribution in [-0.2, 0) is 23.1 Å². The first kappa shape index (κ1) is 28.9. The number of nitrogens with zero attached hydrogens (tertiary/aromatic N) is 5. The van der Waals surface area contributed by atoms with Crippen molar-refractivity contribution in [3.63, 3.8) is 0 Å². The predicted octanol–water partition coefficient (Wildman–Crippen LogP) is 2.91. The normalized spacial score (nSPS) is 22.2. The Kier molecular flexibility index (Phi) is 8.02. The number of benzene rings is 1. The van der Waals surface area contributed by atoms with Gasteiger partial charge >= 0.3 is 11.1 Å². The smallest absolute Gasteiger partial charge is 0.316 e. The van der Waals surface area contributed by atoms with Gasteiger partial charge in [0.2, 0.25) is 11.9 Å². The zero-order chi connectivity index (χ0) is 29.5. The van der Waals surface area contributed by atoms with Crippen LogP contribution in [0.3, 0.4) is 0 Å². The Hall–Kier alpha value is -3.58. The Morgan fingerprint density at radius 2 is 1.90 bits per heavy atom. The van der Waals surface area contributed by atoms with Gasteiger partial charge in [0, 0.05) is 57.2 Å². The number of ether oxygens (including phenoxy) is 1. The molecule has 2 aliphatic rings. The van der Waals surface area contributed by atoms with Gasteiger partial charge in [0.15, 0.2) is 5.82 Å². The van der Waals surface area contributed by atoms with E-state index in [9.17, 15) is 23.2 Å². The van der Waals surface area contributed by atoms with E-state index in [0.29, 0.717) is 29.9 Å². The Morgan fingerprint density at radius 3 is 2.59 bits per heavy atom. The lowest BCUT2D eigenvalue weighted by Gasteiger charge is -2.41. The minimum Gasteiger partial charge on any atom is -0.379 e. The molecule has 1 unspecified atom stereocenters. The molecule has 0 radical (unpaired) electrons. The standard InChI is InChI=1S/C27H32ClF2N7O4/c1-15-12-36(13-16(2)27(15,29)30)26-31-11-19(28)23(34-26)33-17-4-5-20-21(10-17)37(25(40)24(39)35(20)3)8-6-22(38)32-18-7-9-41-14-18/h4-5,10-11,15-16,18H,6-9,12-14H2,1-3H3,(H,32,38)(H,31,33,34)/t15-,16+,18?. The Labute approximate surface area is 239 Å². The van der Waals surface area contributed by atoms with E-state index in [1.165, 1.54) is 36.2 Å². The lowest BCUT2D eigenvalue weighted by atomic mass is 9.87. The lowest BCUT2D eigenvalue weighted by molar-refractivity contribution is -0.122. The van der Waals surface area contributed by atoms with E-state index in [-0.39, 0.29) is 54.8 Å². The summed E-state index contributed by atoms with van der Waals surface area (Å²) >= 11 is 6.38. The van der Waals surface area contributed by atoms with Crippen molar-refractivity contribution in [2.45, 2.75) is 45.2 Å². The number of hydrogen-bond acceptors (Lipinski definition) is 8. The fraction of sp³-hybridized carbons (Fsp3) is 0.519. The molecule has 0 bridgehead atoms. The van der Waals surface area contributed by atoms with Gasteiger partial charge in [0.25, 0.3) is 5.92 Å². The summed E-state index contributed by atoms with van der Waals surface area (Å²) in [6.07, 6.45) is 2.14. The molecule has 4 heterocycles. The average molecular weight is 592 g/mol. The van der Waals surface area contributed by atoms with Gasteiger partial charge in [-0.25, -0.2) is 13.8 Å². The van der Waals surface area contributed by atoms with Crippen molar-refractivity contribution in [2.75, 3.05) is 36.5 Å². The molecule has 2 aliphatic heterocycles. The average Bonchev–Trinajstić information content (AvgIpc) is 3.44. The maximum Gasteiger partial charge on any atom is 0.316 e. The summed E-state index contributed by atoms with van der Waals surface area (Å²) in [6.45, 7) is 4.24. The number of anilines is 3. The molecule has 2 fully saturated rings. The first-order chi connectivity index (χ1) is 19.5. The van der Waals surface area contributed by atoms with E-state index in [1.807, 2.05) is 0 Å². The van der Waals surface area contributed by atoms with Crippen LogP contribution in [0.1, 0.15) is 26.7 Å². The largest absolute Gasteiger partial charge is 0.379 e. The van der Waals surface area contributed by atoms with Crippen molar-refractivity contribution in [3.8, 4) is 0 Å². The van der Waals surface area contributed by atoms with Crippen LogP contribution in [0, 0.1) is 11.8 Å². The molecule has 220 valence electrons. The summed E-state index contributed by atoms with van der Waals surface area (Å²) in [5.74, 6) is -4.25. The van der Waals surface area contributed by atoms with Gasteiger partial charge in [-0.15, -0.1) is 0 Å². The molecule has 3 atom stereocenters. The van der Waals surface area contributed by atoms with E-state index in [4.69, 9.17) is 16.3 Å². The van der Waals surface area contributed by atoms with Crippen LogP contribution in [0.5, 0.6) is 0 Å². The minimum absolute atomic E-state index is 0.00263. The van der Waals surface area contributed by atoms with Crippen molar-refractivity contribution < 1.29 is 18.3 Å². The van der Waals surface area contributed by atoms with Gasteiger partial charge in [-0.2, -0.15) is 4.98 Å². The highest BCUT2D eigenvalue weighted by molar-refractivity contribution is 6.32. The molecular formula is C27H32ClF2N7O4. The van der Waals surface area contributed by atoms with E-state index in [1.54, 1.807) is 23.1 Å². The number of aromatic nitrogens is 4. The second kappa shape index (κ2) is 11.4. The lowest BCUT2D eigenvalue weighted by Crippen LogP contribution is -2.52. The van der Waals surface area contributed by atoms with Crippen LogP contribution >= 0.6 is 11.6 Å². The molecule has 1 amide bonds. The molecule has 0 aliphatic carbocycles. The fourth-order valence-corrected chi connectivity index (χ4v) is 5.46. The number of fused-ring (bicyclic) bond motifs is 1. The van der Waals surface area contributed by atoms with Gasteiger partial charge in [0.1, 0.15) is 5.02 Å². The number of carbonyl (C=O) groups is 1. The fourth-order valence-electron chi connectivity index (χ4n) is 5.32. The molecule has 41 heavy (non-hydrogen) atoms. The molecule has 5 rings (SSSR count). The second-order valence-electron chi connectivity index (χ2n) is 10.8. The number of rotatable bonds is 7. The zero-order valence-corrected chi connectivity index (χ0v) is 23.8. The third-order valence-electron chi connectivity index (χ3n) is 7.80. The first-order valence-corrected chi connectivity index (χ1v) is 13.9. The van der Waals surface area contributed by atoms with E-state index >= 15 is 0 Å². The molecule has 0 saturated carbocycles. The highest BCUT2D eigenvalue weighted by Gasteiger charge is 2.47. The van der Waals surface area contributed by atoms with Gasteiger partial charge in [-0.3, -0.25) is 14.4 Å². The third-order valence-corrected chi connectivity index (χ3v) is 8.07. The monoisotopic (exact) mass is 591 g/mol. The quantitative estimate of drug-likeness (QED) is 0.402. The summed E-state index contributed by atoms with van der Waals surface area (Å²) in [5.41, 5.74) is -0.0133. The first-order valence-electron chi connectivity index (χ1n) is 13.5. The third kappa shape index (κ3) is 5.78. The van der Waals surface area contributed by atoms with Crippen LogP contribution < -0.4 is 26.7 Å². The van der Waals surface area contributed by atoms with Crippen LogP contribution in [0.25, 0.3) is 11.0 Å². The topological polar surface area (TPSA) is 123 Å². The molecule has 2 N–H and O–H groups in total. The van der Waals surface area contributed by atoms with Crippen molar-refractivity contribution >= 4 is 46.0 Å². The molecular weight excluding hydrogens is 560 g/mol. The van der Waals surface area contributed by atoms with Gasteiger partial charge < -0.3 is 29.4 Å². The van der Waals surface area contributed by atoms with Crippen LogP contribution in [0.15, 0.2) is 34.0 Å². The number of alkyl halides is 2. The molecule has 11 nitrogen and oxygen atoms in total. The second-order valence-corrected chi connectivity index (χ2v) is 11.2. The Bertz CT molecular complexity index is 1570. The molecule has 3 aromatic rings. The summed E-state index contributed by atoms with van der Waals surface area (Å²) in [5, 5.41) is 6.22. The van der Waals surface area contributed by atoms with Crippen LogP contribution in [-0.4, -0.2) is 63.3 Å². The molecule has 14 heteroatoms. The van der Waals surface area contributed by atoms with Crippen molar-refractivity contribution in [3.05, 3.63) is 50.1 Å². The van der Waals surface area contributed by atoms with E-state index in [0.717, 1.165) is 6.42 Å². The van der Waals surface area contributed by atoms with Gasteiger partial charge in [-0.1, -0.05) is 25.4 Å². The number of aryl methyl sites for hydroxylation is 2. The number of piperidine rings is 1. The molecule has 1 aromatic carbocycles. The van der Waals surface area contributed by atoms with Gasteiger partial charge in [0.05, 0.1) is 29.9 Å². The molecule has 0 spiro atoms. The number of carbonyl (C=O) groups excluding carboxylic acids is 1. The summed E-state index contributed by atoms with van der Waals surface area (Å²) < 4.78 is 36.6. The number of halogens is 3. The van der Waals surface area contributed by atoms with Crippen molar-refractivity contribution in [1.82, 2.24) is 24.4 Å². The molecule has 2 saturated heterocycles. The SMILES string of the molecule is C[C@@H]1CN(c2ncc(Cl)c(Nc3ccc4c(c3)n(CCC(=O)NC3CCOC3)c(=O)c(=O)n4C)n2)C[C@H](C)C1(F)F. The van der Waals surface area contributed by atoms with Crippen LogP contribution in [0.2, 0.25) is 5.02 Å². The maximum atomic E-state index is 14.4. The van der Waals surface area contributed by atoms with E-state index < -0.39 is 28.9 Å². The van der Waals surface area contributed by atoms with E-state index in [2.05, 4.69) is 20.6 Å². The van der Waals surface area contributed by atoms with Crippen LogP contribution in [0.4, 0.5) is 26.2 Å². The minimum atomic E-state index is -2.78. The van der Waals surface area contributed by atoms with Crippen molar-refractivity contribution in [2.24, 2.45) is 18.9 Å². The summed E-state index contributed by atoms with van der Waals surface area (Å²) in [7, 11) is 1.51. The zero-order valence-electron chi connectivity index (χ0n) is 23.0. The highest BCUT2D eigenvalue weighted by atomic mass is 35.5. The summed E-state index contributed by atoms with van der Waals surface area (Å²) in [4.78, 5) is 48.6. The summed E-state index contributed by atoms with van der Waals surface area (Å²) in [6, 6.07) is 4.98. The molecule has 2 aromatic heterocycles. The predicted molar refractivity (Wildman–Crippen MR) is 151 cm³/mol. The van der Waals surface area contributed by atoms with Crippen molar-refractivity contribution in [1.29, 1.82) is 0 Å². The number of hydrogen-bond donors (Lipinski definition) is 2. The Morgan fingerprint density at radius 1 is 1.17 bits per heavy atom. The highest BCUT2D eigenvalue weighted by Crippen LogP contribution is 2.39. The number of amides is 1.